The molecule has 2 heterocycles. The number of carbonyl (C=O) groups excluding carboxylic acids is 1. The maximum atomic E-state index is 13.9. The van der Waals surface area contributed by atoms with Gasteiger partial charge in [-0.15, -0.1) is 0 Å². The highest BCUT2D eigenvalue weighted by Gasteiger charge is 2.33. The summed E-state index contributed by atoms with van der Waals surface area (Å²) >= 11 is 0. The molecule has 9 heteroatoms. The zero-order valence-electron chi connectivity index (χ0n) is 18.2. The number of aromatic amines is 1. The Morgan fingerprint density at radius 3 is 2.62 bits per heavy atom. The van der Waals surface area contributed by atoms with E-state index in [0.717, 1.165) is 5.56 Å². The molecule has 1 atom stereocenters. The molecule has 0 saturated carbocycles. The molecule has 1 amide bonds. The van der Waals surface area contributed by atoms with Crippen LogP contribution in [0.1, 0.15) is 12.8 Å². The second kappa shape index (κ2) is 9.00. The number of anilines is 1. The van der Waals surface area contributed by atoms with Crippen molar-refractivity contribution in [2.75, 3.05) is 18.4 Å². The lowest BCUT2D eigenvalue weighted by molar-refractivity contribution is -0.120. The smallest absolute Gasteiger partial charge is 0.243 e. The normalized spacial score (nSPS) is 17.0. The molecule has 0 bridgehead atoms. The van der Waals surface area contributed by atoms with Gasteiger partial charge in [0.1, 0.15) is 11.6 Å². The average Bonchev–Trinajstić information content (AvgIpc) is 3.30. The number of halogens is 1. The van der Waals surface area contributed by atoms with E-state index >= 15 is 0 Å². The lowest BCUT2D eigenvalue weighted by Crippen LogP contribution is -2.43. The first-order chi connectivity index (χ1) is 16.4. The quantitative estimate of drug-likeness (QED) is 0.444. The highest BCUT2D eigenvalue weighted by atomic mass is 32.2. The van der Waals surface area contributed by atoms with Crippen LogP contribution in [0.4, 0.5) is 10.1 Å². The van der Waals surface area contributed by atoms with Crippen LogP contribution in [0.2, 0.25) is 0 Å². The molecular weight excluding hydrogens is 455 g/mol. The van der Waals surface area contributed by atoms with Crippen molar-refractivity contribution in [3.05, 3.63) is 78.6 Å². The molecule has 1 saturated heterocycles. The van der Waals surface area contributed by atoms with Crippen LogP contribution in [0.3, 0.4) is 0 Å². The molecule has 0 aliphatic carbocycles. The van der Waals surface area contributed by atoms with Crippen molar-refractivity contribution < 1.29 is 17.6 Å². The summed E-state index contributed by atoms with van der Waals surface area (Å²) in [6, 6.07) is 20.3. The standard InChI is InChI=1S/C25H23FN4O3S/c26-20-10-4-5-11-21(20)29-25(31)18-9-6-14-30(16-18)34(32,33)19-12-13-22-23(15-19)28-24(27-22)17-7-2-1-3-8-17/h1-5,7-8,10-13,15,18H,6,9,14,16H2,(H,27,28)(H,29,31)/t18-/m1/s1. The predicted molar refractivity (Wildman–Crippen MR) is 128 cm³/mol. The number of nitrogens with one attached hydrogen (secondary N) is 2. The minimum absolute atomic E-state index is 0.0406. The van der Waals surface area contributed by atoms with Crippen molar-refractivity contribution in [3.8, 4) is 11.4 Å². The lowest BCUT2D eigenvalue weighted by Gasteiger charge is -2.31. The zero-order valence-corrected chi connectivity index (χ0v) is 19.1. The second-order valence-corrected chi connectivity index (χ2v) is 10.2. The first-order valence-corrected chi connectivity index (χ1v) is 12.5. The summed E-state index contributed by atoms with van der Waals surface area (Å²) in [5.41, 5.74) is 2.28. The average molecular weight is 479 g/mol. The number of carbonyl (C=O) groups is 1. The molecule has 1 aliphatic rings. The molecule has 3 aromatic carbocycles. The van der Waals surface area contributed by atoms with Gasteiger partial charge in [0.05, 0.1) is 27.5 Å². The van der Waals surface area contributed by atoms with Gasteiger partial charge >= 0.3 is 0 Å². The first-order valence-electron chi connectivity index (χ1n) is 11.0. The van der Waals surface area contributed by atoms with E-state index in [-0.39, 0.29) is 23.0 Å². The van der Waals surface area contributed by atoms with Gasteiger partial charge in [-0.3, -0.25) is 4.79 Å². The van der Waals surface area contributed by atoms with Crippen LogP contribution in [-0.4, -0.2) is 41.7 Å². The van der Waals surface area contributed by atoms with Gasteiger partial charge in [-0.05, 0) is 43.2 Å². The fourth-order valence-electron chi connectivity index (χ4n) is 4.20. The number of aromatic nitrogens is 2. The third-order valence-corrected chi connectivity index (χ3v) is 7.89. The summed E-state index contributed by atoms with van der Waals surface area (Å²) in [5.74, 6) is -0.822. The first kappa shape index (κ1) is 22.2. The van der Waals surface area contributed by atoms with Gasteiger partial charge in [-0.1, -0.05) is 42.5 Å². The Morgan fingerprint density at radius 2 is 1.82 bits per heavy atom. The third-order valence-electron chi connectivity index (χ3n) is 6.02. The van der Waals surface area contributed by atoms with Gasteiger partial charge in [0.15, 0.2) is 0 Å². The van der Waals surface area contributed by atoms with E-state index < -0.39 is 21.8 Å². The van der Waals surface area contributed by atoms with Crippen LogP contribution < -0.4 is 5.32 Å². The maximum absolute atomic E-state index is 13.9. The summed E-state index contributed by atoms with van der Waals surface area (Å²) in [4.78, 5) is 20.6. The van der Waals surface area contributed by atoms with E-state index in [1.54, 1.807) is 24.3 Å². The van der Waals surface area contributed by atoms with Crippen molar-refractivity contribution >= 4 is 32.7 Å². The number of sulfonamides is 1. The summed E-state index contributed by atoms with van der Waals surface area (Å²) in [6.45, 7) is 0.362. The number of imidazole rings is 1. The monoisotopic (exact) mass is 478 g/mol. The zero-order chi connectivity index (χ0) is 23.7. The minimum Gasteiger partial charge on any atom is -0.338 e. The molecule has 0 spiro atoms. The summed E-state index contributed by atoms with van der Waals surface area (Å²) < 4.78 is 42.0. The number of piperidine rings is 1. The number of amides is 1. The van der Waals surface area contributed by atoms with Crippen molar-refractivity contribution in [3.63, 3.8) is 0 Å². The van der Waals surface area contributed by atoms with Crippen molar-refractivity contribution in [2.45, 2.75) is 17.7 Å². The second-order valence-electron chi connectivity index (χ2n) is 8.30. The van der Waals surface area contributed by atoms with Crippen molar-refractivity contribution in [1.82, 2.24) is 14.3 Å². The van der Waals surface area contributed by atoms with Gasteiger partial charge in [0, 0.05) is 18.7 Å². The van der Waals surface area contributed by atoms with E-state index in [1.807, 2.05) is 30.3 Å². The molecule has 0 radical (unpaired) electrons. The summed E-state index contributed by atoms with van der Waals surface area (Å²) in [5, 5.41) is 2.59. The van der Waals surface area contributed by atoms with E-state index in [2.05, 4.69) is 15.3 Å². The number of rotatable bonds is 5. The molecule has 34 heavy (non-hydrogen) atoms. The Kier molecular flexibility index (Phi) is 5.89. The number of hydrogen-bond donors (Lipinski definition) is 2. The van der Waals surface area contributed by atoms with Crippen LogP contribution in [0, 0.1) is 11.7 Å². The van der Waals surface area contributed by atoms with Crippen molar-refractivity contribution in [2.24, 2.45) is 5.92 Å². The number of benzene rings is 3. The van der Waals surface area contributed by atoms with E-state index in [0.29, 0.717) is 36.2 Å². The van der Waals surface area contributed by atoms with Gasteiger partial charge in [-0.2, -0.15) is 4.31 Å². The molecule has 7 nitrogen and oxygen atoms in total. The van der Waals surface area contributed by atoms with Gasteiger partial charge < -0.3 is 10.3 Å². The highest BCUT2D eigenvalue weighted by Crippen LogP contribution is 2.28. The maximum Gasteiger partial charge on any atom is 0.243 e. The predicted octanol–water partition coefficient (Wildman–Crippen LogP) is 4.41. The van der Waals surface area contributed by atoms with Gasteiger partial charge in [0.2, 0.25) is 15.9 Å². The number of fused-ring (bicyclic) bond motifs is 1. The molecule has 2 N–H and O–H groups in total. The van der Waals surface area contributed by atoms with E-state index in [9.17, 15) is 17.6 Å². The lowest BCUT2D eigenvalue weighted by atomic mass is 9.98. The fraction of sp³-hybridized carbons (Fsp3) is 0.200. The molecule has 1 aliphatic heterocycles. The van der Waals surface area contributed by atoms with Gasteiger partial charge in [0.25, 0.3) is 0 Å². The Morgan fingerprint density at radius 1 is 1.06 bits per heavy atom. The molecule has 0 unspecified atom stereocenters. The van der Waals surface area contributed by atoms with E-state index in [4.69, 9.17) is 0 Å². The molecular formula is C25H23FN4O3S. The molecule has 1 aromatic heterocycles. The number of nitrogens with zero attached hydrogens (tertiary/aromatic N) is 2. The van der Waals surface area contributed by atoms with Crippen LogP contribution in [0.5, 0.6) is 0 Å². The van der Waals surface area contributed by atoms with Gasteiger partial charge in [-0.25, -0.2) is 17.8 Å². The van der Waals surface area contributed by atoms with Crippen molar-refractivity contribution in [1.29, 1.82) is 0 Å². The Labute approximate surface area is 196 Å². The largest absolute Gasteiger partial charge is 0.338 e. The van der Waals surface area contributed by atoms with Crippen LogP contribution in [0.15, 0.2) is 77.7 Å². The molecule has 4 aromatic rings. The number of para-hydroxylation sites is 1. The highest BCUT2D eigenvalue weighted by molar-refractivity contribution is 7.89. The van der Waals surface area contributed by atoms with Crippen LogP contribution in [0.25, 0.3) is 22.4 Å². The van der Waals surface area contributed by atoms with Crippen LogP contribution in [-0.2, 0) is 14.8 Å². The Hall–Kier alpha value is -3.56. The molecule has 1 fully saturated rings. The summed E-state index contributed by atoms with van der Waals surface area (Å²) in [7, 11) is -3.82. The van der Waals surface area contributed by atoms with Crippen LogP contribution >= 0.6 is 0 Å². The SMILES string of the molecule is O=C(Nc1ccccc1F)[C@@H]1CCCN(S(=O)(=O)c2ccc3nc(-c4ccccc4)[nH]c3c2)C1. The third kappa shape index (κ3) is 4.32. The molecule has 5 rings (SSSR count). The minimum atomic E-state index is -3.82. The Balaban J connectivity index is 1.36. The summed E-state index contributed by atoms with van der Waals surface area (Å²) in [6.07, 6.45) is 1.07. The molecule has 174 valence electrons. The van der Waals surface area contributed by atoms with E-state index in [1.165, 1.54) is 22.5 Å². The number of hydrogen-bond acceptors (Lipinski definition) is 4. The number of H-pyrrole nitrogens is 1. The fourth-order valence-corrected chi connectivity index (χ4v) is 5.75. The Bertz CT molecular complexity index is 1450. The topological polar surface area (TPSA) is 95.2 Å².